The Morgan fingerprint density at radius 2 is 0.449 bits per heavy atom. The molecule has 0 fully saturated rings. The maximum Gasteiger partial charge on any atom is 0.103 e. The number of rotatable bonds is 63. The van der Waals surface area contributed by atoms with Crippen LogP contribution < -0.4 is 35.0 Å². The molecular formula is C74H148Cl2N2. The van der Waals surface area contributed by atoms with E-state index in [4.69, 9.17) is 0 Å². The first kappa shape index (κ1) is 81.9. The molecule has 0 aliphatic carbocycles. The topological polar surface area (TPSA) is 21.1 Å². The van der Waals surface area contributed by atoms with Crippen LogP contribution in [0, 0.1) is 0 Å². The van der Waals surface area contributed by atoms with Crippen LogP contribution in [0.1, 0.15) is 412 Å². The van der Waals surface area contributed by atoms with Crippen LogP contribution in [0.4, 0.5) is 0 Å². The Bertz CT molecular complexity index is 1080. The van der Waals surface area contributed by atoms with Crippen molar-refractivity contribution in [2.45, 2.75) is 419 Å². The minimum Gasteiger partial charge on any atom is -1.00 e. The average molecular weight is 1140 g/mol. The van der Waals surface area contributed by atoms with Crippen LogP contribution in [-0.2, 0) is 6.54 Å². The summed E-state index contributed by atoms with van der Waals surface area (Å²) in [6.45, 7) is 12.0. The summed E-state index contributed by atoms with van der Waals surface area (Å²) in [6.07, 6.45) is 86.2. The average Bonchev–Trinajstić information content (AvgIpc) is 3.43. The molecule has 1 aromatic carbocycles. The van der Waals surface area contributed by atoms with Crippen LogP contribution in [0.2, 0.25) is 0 Å². The van der Waals surface area contributed by atoms with Gasteiger partial charge in [-0.25, -0.2) is 0 Å². The molecule has 0 aromatic heterocycles. The highest BCUT2D eigenvalue weighted by Crippen LogP contribution is 2.29. The number of hydrogen-bond acceptors (Lipinski definition) is 0. The molecule has 0 heterocycles. The van der Waals surface area contributed by atoms with Gasteiger partial charge in [0.2, 0.25) is 0 Å². The fourth-order valence-electron chi connectivity index (χ4n) is 12.8. The SMILES string of the molecule is CCCCCCCCCCCCCCCC[NH+](Cc1ccccc1)C(CCCCCCCCCCCCCCCC)(CCCCCCCCCCCCCCCC)CCCCCCCCCCCCCCCC.C[NH2+]C.[Cl-].[Cl-]. The Kier molecular flexibility index (Phi) is 74.6. The summed E-state index contributed by atoms with van der Waals surface area (Å²) in [7, 11) is 4.00. The maximum atomic E-state index is 2.47. The van der Waals surface area contributed by atoms with Crippen molar-refractivity contribution in [3.05, 3.63) is 35.9 Å². The van der Waals surface area contributed by atoms with E-state index < -0.39 is 0 Å². The maximum absolute atomic E-state index is 2.47. The largest absolute Gasteiger partial charge is 1.00 e. The van der Waals surface area contributed by atoms with Crippen molar-refractivity contribution in [3.8, 4) is 0 Å². The molecule has 0 saturated carbocycles. The molecular weight excluding hydrogens is 988 g/mol. The lowest BCUT2D eigenvalue weighted by Gasteiger charge is -2.42. The minimum atomic E-state index is 0. The van der Waals surface area contributed by atoms with Crippen molar-refractivity contribution in [3.63, 3.8) is 0 Å². The predicted octanol–water partition coefficient (Wildman–Crippen LogP) is 17.7. The van der Waals surface area contributed by atoms with Gasteiger partial charge in [0.15, 0.2) is 0 Å². The molecule has 468 valence electrons. The van der Waals surface area contributed by atoms with Crippen LogP contribution in [0.3, 0.4) is 0 Å². The number of unbranched alkanes of at least 4 members (excludes halogenated alkanes) is 52. The Hall–Kier alpha value is -0.280. The fourth-order valence-corrected chi connectivity index (χ4v) is 12.8. The van der Waals surface area contributed by atoms with Gasteiger partial charge in [-0.05, 0) is 32.1 Å². The van der Waals surface area contributed by atoms with Crippen molar-refractivity contribution in [2.75, 3.05) is 20.6 Å². The molecule has 0 aliphatic heterocycles. The first-order chi connectivity index (χ1) is 37.6. The molecule has 0 saturated heterocycles. The van der Waals surface area contributed by atoms with Gasteiger partial charge in [-0.1, -0.05) is 385 Å². The predicted molar refractivity (Wildman–Crippen MR) is 348 cm³/mol. The molecule has 1 aromatic rings. The summed E-state index contributed by atoms with van der Waals surface area (Å²) in [6, 6.07) is 11.9. The standard InChI is InChI=1S/C72H139N.C2H7N.2ClH/c1-5-9-13-17-21-25-29-33-37-41-45-49-53-60-66-72(67-61-54-50-46-42-38-34-30-26-22-18-14-10-6-2,68-62-55-51-47-43-39-35-31-27-23-19-15-11-7-3)73(70-71-64-58-57-59-65-71)69-63-56-52-48-44-40-36-32-28-24-20-16-12-8-4;1-3-2;;/h57-59,64-65H,5-56,60-63,66-70H2,1-4H3;3H,1-2H3;2*1H. The van der Waals surface area contributed by atoms with Crippen molar-refractivity contribution >= 4 is 0 Å². The van der Waals surface area contributed by atoms with Crippen LogP contribution in [0.5, 0.6) is 0 Å². The van der Waals surface area contributed by atoms with E-state index in [0.717, 1.165) is 0 Å². The van der Waals surface area contributed by atoms with Gasteiger partial charge in [0.05, 0.1) is 26.2 Å². The molecule has 0 amide bonds. The number of halogens is 2. The second kappa shape index (κ2) is 71.0. The van der Waals surface area contributed by atoms with E-state index in [1.54, 1.807) is 5.56 Å². The second-order valence-electron chi connectivity index (χ2n) is 25.5. The van der Waals surface area contributed by atoms with E-state index >= 15 is 0 Å². The van der Waals surface area contributed by atoms with E-state index in [1.807, 2.05) is 24.3 Å². The summed E-state index contributed by atoms with van der Waals surface area (Å²) in [4.78, 5) is 2.00. The lowest BCUT2D eigenvalue weighted by Crippen LogP contribution is -3.19. The molecule has 0 aliphatic rings. The van der Waals surface area contributed by atoms with Gasteiger partial charge >= 0.3 is 0 Å². The summed E-state index contributed by atoms with van der Waals surface area (Å²) >= 11 is 0. The third-order valence-electron chi connectivity index (χ3n) is 17.9. The molecule has 1 unspecified atom stereocenters. The zero-order chi connectivity index (χ0) is 55.0. The Labute approximate surface area is 507 Å². The normalized spacial score (nSPS) is 11.8. The lowest BCUT2D eigenvalue weighted by molar-refractivity contribution is -0.968. The van der Waals surface area contributed by atoms with Gasteiger partial charge in [-0.3, -0.25) is 0 Å². The van der Waals surface area contributed by atoms with Crippen molar-refractivity contribution < 1.29 is 35.0 Å². The number of hydrogen-bond donors (Lipinski definition) is 2. The van der Waals surface area contributed by atoms with Gasteiger partial charge in [0.25, 0.3) is 0 Å². The first-order valence-electron chi connectivity index (χ1n) is 36.3. The minimum absolute atomic E-state index is 0. The van der Waals surface area contributed by atoms with Gasteiger partial charge in [0, 0.05) is 24.8 Å². The molecule has 2 nitrogen and oxygen atoms in total. The zero-order valence-corrected chi connectivity index (χ0v) is 56.4. The third kappa shape index (κ3) is 58.9. The molecule has 4 heteroatoms. The molecule has 78 heavy (non-hydrogen) atoms. The molecule has 3 N–H and O–H groups in total. The molecule has 1 rings (SSSR count). The number of nitrogens with one attached hydrogen (secondary N) is 1. The number of quaternary nitrogens is 2. The highest BCUT2D eigenvalue weighted by Gasteiger charge is 2.39. The van der Waals surface area contributed by atoms with Crippen LogP contribution in [-0.4, -0.2) is 26.2 Å². The summed E-state index contributed by atoms with van der Waals surface area (Å²) in [5.74, 6) is 0. The van der Waals surface area contributed by atoms with Gasteiger partial charge < -0.3 is 35.0 Å². The molecule has 0 spiro atoms. The quantitative estimate of drug-likeness (QED) is 0.0607. The molecule has 0 radical (unpaired) electrons. The van der Waals surface area contributed by atoms with Crippen LogP contribution >= 0.6 is 0 Å². The van der Waals surface area contributed by atoms with Crippen molar-refractivity contribution in [1.82, 2.24) is 0 Å². The summed E-state index contributed by atoms with van der Waals surface area (Å²) in [5.41, 5.74) is 2.03. The number of nitrogens with two attached hydrogens (primary N) is 1. The van der Waals surface area contributed by atoms with Gasteiger partial charge in [0.1, 0.15) is 6.54 Å². The van der Waals surface area contributed by atoms with Crippen molar-refractivity contribution in [1.29, 1.82) is 0 Å². The van der Waals surface area contributed by atoms with Crippen molar-refractivity contribution in [2.24, 2.45) is 0 Å². The highest BCUT2D eigenvalue weighted by molar-refractivity contribution is 5.13. The number of benzene rings is 1. The van der Waals surface area contributed by atoms with E-state index in [-0.39, 0.29) is 24.8 Å². The molecule has 0 bridgehead atoms. The second-order valence-corrected chi connectivity index (χ2v) is 25.5. The summed E-state index contributed by atoms with van der Waals surface area (Å²) < 4.78 is 0. The van der Waals surface area contributed by atoms with E-state index in [1.165, 1.54) is 392 Å². The molecule has 1 atom stereocenters. The van der Waals surface area contributed by atoms with Gasteiger partial charge in [-0.15, -0.1) is 0 Å². The van der Waals surface area contributed by atoms with E-state index in [0.29, 0.717) is 5.54 Å². The van der Waals surface area contributed by atoms with Crippen LogP contribution in [0.15, 0.2) is 30.3 Å². The smallest absolute Gasteiger partial charge is 0.103 e. The third-order valence-corrected chi connectivity index (χ3v) is 17.9. The lowest BCUT2D eigenvalue weighted by atomic mass is 9.79. The summed E-state index contributed by atoms with van der Waals surface area (Å²) in [5, 5.41) is 2.00. The van der Waals surface area contributed by atoms with Gasteiger partial charge in [-0.2, -0.15) is 0 Å². The fraction of sp³-hybridized carbons (Fsp3) is 0.919. The Morgan fingerprint density at radius 3 is 0.654 bits per heavy atom. The van der Waals surface area contributed by atoms with E-state index in [9.17, 15) is 0 Å². The first-order valence-corrected chi connectivity index (χ1v) is 36.3. The zero-order valence-electron chi connectivity index (χ0n) is 54.9. The van der Waals surface area contributed by atoms with Crippen LogP contribution in [0.25, 0.3) is 0 Å². The Balaban J connectivity index is -0.0000110. The Morgan fingerprint density at radius 1 is 0.269 bits per heavy atom. The highest BCUT2D eigenvalue weighted by atomic mass is 35.5. The van der Waals surface area contributed by atoms with E-state index in [2.05, 4.69) is 58.0 Å². The monoisotopic (exact) mass is 1140 g/mol.